The molecule has 1 aromatic carbocycles. The van der Waals surface area contributed by atoms with Crippen LogP contribution in [0.4, 0.5) is 0 Å². The Kier molecular flexibility index (Phi) is 4.72. The molecule has 2 aromatic heterocycles. The van der Waals surface area contributed by atoms with Gasteiger partial charge >= 0.3 is 0 Å². The van der Waals surface area contributed by atoms with Gasteiger partial charge in [-0.25, -0.2) is 0 Å². The Labute approximate surface area is 132 Å². The lowest BCUT2D eigenvalue weighted by molar-refractivity contribution is 1.37. The summed E-state index contributed by atoms with van der Waals surface area (Å²) in [6.07, 6.45) is 5.93. The highest BCUT2D eigenvalue weighted by atomic mass is 31.1. The van der Waals surface area contributed by atoms with Crippen LogP contribution in [0.5, 0.6) is 0 Å². The summed E-state index contributed by atoms with van der Waals surface area (Å²) >= 11 is 0. The van der Waals surface area contributed by atoms with Crippen LogP contribution in [0.2, 0.25) is 0 Å². The molecule has 3 rings (SSSR count). The van der Waals surface area contributed by atoms with Crippen molar-refractivity contribution in [1.29, 1.82) is 0 Å². The molecule has 0 aliphatic heterocycles. The van der Waals surface area contributed by atoms with Gasteiger partial charge in [0.1, 0.15) is 0 Å². The molecule has 3 heteroatoms. The van der Waals surface area contributed by atoms with Gasteiger partial charge in [0.15, 0.2) is 0 Å². The number of aromatic nitrogens is 2. The minimum atomic E-state index is -0.697. The first kappa shape index (κ1) is 14.6. The molecular weight excluding hydrogens is 287 g/mol. The predicted octanol–water partition coefficient (Wildman–Crippen LogP) is 3.97. The van der Waals surface area contributed by atoms with Crippen LogP contribution in [0.1, 0.15) is 12.5 Å². The van der Waals surface area contributed by atoms with Gasteiger partial charge in [0.25, 0.3) is 0 Å². The molecule has 0 saturated carbocycles. The van der Waals surface area contributed by atoms with E-state index >= 15 is 0 Å². The second-order valence-electron chi connectivity index (χ2n) is 4.91. The van der Waals surface area contributed by atoms with Crippen LogP contribution in [0.25, 0.3) is 6.08 Å². The van der Waals surface area contributed by atoms with Crippen LogP contribution in [-0.2, 0) is 0 Å². The van der Waals surface area contributed by atoms with E-state index < -0.39 is 7.92 Å². The largest absolute Gasteiger partial charge is 0.256 e. The molecule has 0 N–H and O–H groups in total. The fourth-order valence-electron chi connectivity index (χ4n) is 2.31. The Balaban J connectivity index is 2.04. The quantitative estimate of drug-likeness (QED) is 0.682. The zero-order chi connectivity index (χ0) is 15.2. The number of hydrogen-bond donors (Lipinski definition) is 0. The molecular formula is C19H17N2P. The predicted molar refractivity (Wildman–Crippen MR) is 94.8 cm³/mol. The minimum absolute atomic E-state index is 0.697. The molecule has 108 valence electrons. The van der Waals surface area contributed by atoms with Crippen LogP contribution in [0.15, 0.2) is 84.4 Å². The molecule has 0 bridgehead atoms. The summed E-state index contributed by atoms with van der Waals surface area (Å²) in [6.45, 7) is 2.17. The smallest absolute Gasteiger partial charge is 0.0733 e. The first-order valence-corrected chi connectivity index (χ1v) is 8.54. The van der Waals surface area contributed by atoms with E-state index in [1.165, 1.54) is 10.9 Å². The second kappa shape index (κ2) is 7.11. The summed E-state index contributed by atoms with van der Waals surface area (Å²) in [4.78, 5) is 9.13. The Morgan fingerprint density at radius 3 is 1.82 bits per heavy atom. The van der Waals surface area contributed by atoms with E-state index in [4.69, 9.17) is 0 Å². The maximum Gasteiger partial charge on any atom is 0.0733 e. The van der Waals surface area contributed by atoms with E-state index in [0.717, 1.165) is 10.9 Å². The number of pyridine rings is 2. The summed E-state index contributed by atoms with van der Waals surface area (Å²) in [6, 6.07) is 22.5. The zero-order valence-corrected chi connectivity index (χ0v) is 13.3. The molecule has 0 aliphatic carbocycles. The van der Waals surface area contributed by atoms with Gasteiger partial charge in [0, 0.05) is 20.3 Å². The van der Waals surface area contributed by atoms with Crippen molar-refractivity contribution < 1.29 is 0 Å². The number of allylic oxidation sites excluding steroid dienone is 1. The van der Waals surface area contributed by atoms with Crippen molar-refractivity contribution in [3.8, 4) is 0 Å². The monoisotopic (exact) mass is 304 g/mol. The van der Waals surface area contributed by atoms with Crippen LogP contribution >= 0.6 is 7.92 Å². The number of hydrogen-bond acceptors (Lipinski definition) is 2. The molecule has 0 aliphatic rings. The van der Waals surface area contributed by atoms with Crippen molar-refractivity contribution in [2.24, 2.45) is 0 Å². The highest BCUT2D eigenvalue weighted by Crippen LogP contribution is 2.41. The van der Waals surface area contributed by atoms with Crippen LogP contribution < -0.4 is 10.9 Å². The third kappa shape index (κ3) is 3.47. The SMILES string of the molecule is CC(=Cc1ccccc1)P(c1ccccn1)c1ccccn1. The van der Waals surface area contributed by atoms with Gasteiger partial charge in [0.2, 0.25) is 0 Å². The summed E-state index contributed by atoms with van der Waals surface area (Å²) in [5.41, 5.74) is 3.38. The van der Waals surface area contributed by atoms with Gasteiger partial charge in [-0.1, -0.05) is 48.5 Å². The standard InChI is InChI=1S/C19H17N2P/c1-16(15-17-9-3-2-4-10-17)22(18-11-5-7-13-20-18)19-12-6-8-14-21-19/h2-15H,1H3. The van der Waals surface area contributed by atoms with Gasteiger partial charge < -0.3 is 0 Å². The van der Waals surface area contributed by atoms with E-state index in [9.17, 15) is 0 Å². The zero-order valence-electron chi connectivity index (χ0n) is 12.4. The molecule has 0 saturated heterocycles. The van der Waals surface area contributed by atoms with Gasteiger partial charge in [-0.3, -0.25) is 9.97 Å². The topological polar surface area (TPSA) is 25.8 Å². The van der Waals surface area contributed by atoms with Crippen LogP contribution in [0, 0.1) is 0 Å². The number of nitrogens with zero attached hydrogens (tertiary/aromatic N) is 2. The fraction of sp³-hybridized carbons (Fsp3) is 0.0526. The van der Waals surface area contributed by atoms with Crippen molar-refractivity contribution in [3.05, 3.63) is 90.0 Å². The molecule has 0 amide bonds. The third-order valence-electron chi connectivity index (χ3n) is 3.28. The fourth-order valence-corrected chi connectivity index (χ4v) is 4.38. The Hall–Kier alpha value is -2.31. The molecule has 2 heterocycles. The molecule has 0 fully saturated rings. The summed E-state index contributed by atoms with van der Waals surface area (Å²) in [5.74, 6) is 0. The van der Waals surface area contributed by atoms with Gasteiger partial charge in [-0.05, 0) is 42.1 Å². The first-order valence-electron chi connectivity index (χ1n) is 7.20. The highest BCUT2D eigenvalue weighted by molar-refractivity contribution is 7.76. The molecule has 0 unspecified atom stereocenters. The number of benzene rings is 1. The van der Waals surface area contributed by atoms with Crippen molar-refractivity contribution >= 4 is 24.9 Å². The second-order valence-corrected chi connectivity index (χ2v) is 7.20. The minimum Gasteiger partial charge on any atom is -0.256 e. The van der Waals surface area contributed by atoms with Crippen molar-refractivity contribution in [2.75, 3.05) is 0 Å². The third-order valence-corrected chi connectivity index (χ3v) is 5.56. The van der Waals surface area contributed by atoms with E-state index in [1.807, 2.05) is 42.7 Å². The lowest BCUT2D eigenvalue weighted by Crippen LogP contribution is -2.17. The molecule has 22 heavy (non-hydrogen) atoms. The maximum atomic E-state index is 4.57. The average molecular weight is 304 g/mol. The molecule has 2 nitrogen and oxygen atoms in total. The highest BCUT2D eigenvalue weighted by Gasteiger charge is 2.18. The summed E-state index contributed by atoms with van der Waals surface area (Å²) in [7, 11) is -0.697. The molecule has 0 radical (unpaired) electrons. The lowest BCUT2D eigenvalue weighted by Gasteiger charge is -2.17. The van der Waals surface area contributed by atoms with E-state index in [-0.39, 0.29) is 0 Å². The molecule has 3 aromatic rings. The van der Waals surface area contributed by atoms with E-state index in [2.05, 4.69) is 59.4 Å². The Bertz CT molecular complexity index is 701. The van der Waals surface area contributed by atoms with Crippen molar-refractivity contribution in [3.63, 3.8) is 0 Å². The van der Waals surface area contributed by atoms with Gasteiger partial charge in [0.05, 0.1) is 10.9 Å². The number of rotatable bonds is 4. The molecule has 0 atom stereocenters. The van der Waals surface area contributed by atoms with Crippen LogP contribution in [0.3, 0.4) is 0 Å². The van der Waals surface area contributed by atoms with E-state index in [1.54, 1.807) is 0 Å². The first-order chi connectivity index (χ1) is 10.8. The van der Waals surface area contributed by atoms with E-state index in [0.29, 0.717) is 0 Å². The summed E-state index contributed by atoms with van der Waals surface area (Å²) < 4.78 is 0. The van der Waals surface area contributed by atoms with Gasteiger partial charge in [-0.2, -0.15) is 0 Å². The lowest BCUT2D eigenvalue weighted by atomic mass is 10.2. The Morgan fingerprint density at radius 2 is 1.32 bits per heavy atom. The summed E-state index contributed by atoms with van der Waals surface area (Å²) in [5, 5.41) is 1.29. The van der Waals surface area contributed by atoms with Crippen molar-refractivity contribution in [1.82, 2.24) is 9.97 Å². The average Bonchev–Trinajstić information content (AvgIpc) is 2.58. The normalized spacial score (nSPS) is 11.6. The molecule has 0 spiro atoms. The van der Waals surface area contributed by atoms with Crippen LogP contribution in [-0.4, -0.2) is 9.97 Å². The van der Waals surface area contributed by atoms with Crippen molar-refractivity contribution in [2.45, 2.75) is 6.92 Å². The Morgan fingerprint density at radius 1 is 0.773 bits per heavy atom. The maximum absolute atomic E-state index is 4.57. The van der Waals surface area contributed by atoms with Gasteiger partial charge in [-0.15, -0.1) is 0 Å².